The molecule has 124 valence electrons. The first kappa shape index (κ1) is 16.5. The normalized spacial score (nSPS) is 14.6. The summed E-state index contributed by atoms with van der Waals surface area (Å²) in [5.41, 5.74) is 1.18. The van der Waals surface area contributed by atoms with Gasteiger partial charge in [0.2, 0.25) is 5.91 Å². The lowest BCUT2D eigenvalue weighted by Crippen LogP contribution is -2.35. The van der Waals surface area contributed by atoms with Crippen molar-refractivity contribution in [3.63, 3.8) is 0 Å². The first-order valence-electron chi connectivity index (χ1n) is 7.72. The van der Waals surface area contributed by atoms with E-state index < -0.39 is 11.7 Å². The van der Waals surface area contributed by atoms with Crippen molar-refractivity contribution in [2.24, 2.45) is 0 Å². The van der Waals surface area contributed by atoms with Gasteiger partial charge in [-0.2, -0.15) is 0 Å². The van der Waals surface area contributed by atoms with Gasteiger partial charge in [0.05, 0.1) is 10.7 Å². The molecule has 1 saturated heterocycles. The molecule has 0 bridgehead atoms. The van der Waals surface area contributed by atoms with E-state index in [1.807, 2.05) is 0 Å². The molecule has 6 heteroatoms. The van der Waals surface area contributed by atoms with E-state index in [-0.39, 0.29) is 16.6 Å². The Bertz CT molecular complexity index is 777. The molecule has 1 aliphatic rings. The third-order valence-electron chi connectivity index (χ3n) is 3.96. The van der Waals surface area contributed by atoms with Crippen LogP contribution in [0.5, 0.6) is 0 Å². The molecule has 2 aromatic rings. The lowest BCUT2D eigenvalue weighted by atomic mass is 10.1. The number of carbonyl (C=O) groups is 2. The van der Waals surface area contributed by atoms with E-state index in [4.69, 9.17) is 11.6 Å². The van der Waals surface area contributed by atoms with Crippen molar-refractivity contribution < 1.29 is 14.0 Å². The van der Waals surface area contributed by atoms with Crippen LogP contribution in [0.2, 0.25) is 5.02 Å². The van der Waals surface area contributed by atoms with E-state index in [2.05, 4.69) is 5.32 Å². The molecule has 1 N–H and O–H groups in total. The number of anilines is 2. The van der Waals surface area contributed by atoms with Gasteiger partial charge in [0.25, 0.3) is 5.91 Å². The largest absolute Gasteiger partial charge is 0.319 e. The Labute approximate surface area is 144 Å². The number of hydrogen-bond donors (Lipinski definition) is 1. The highest BCUT2D eigenvalue weighted by Crippen LogP contribution is 2.24. The molecule has 4 nitrogen and oxygen atoms in total. The van der Waals surface area contributed by atoms with Gasteiger partial charge < -0.3 is 10.2 Å². The predicted octanol–water partition coefficient (Wildman–Crippen LogP) is 4.25. The van der Waals surface area contributed by atoms with Gasteiger partial charge in [0, 0.05) is 24.2 Å². The van der Waals surface area contributed by atoms with Crippen molar-refractivity contribution >= 4 is 34.8 Å². The van der Waals surface area contributed by atoms with Crippen molar-refractivity contribution in [3.05, 3.63) is 58.9 Å². The monoisotopic (exact) mass is 346 g/mol. The van der Waals surface area contributed by atoms with Crippen LogP contribution in [0, 0.1) is 5.82 Å². The fraction of sp³-hybridized carbons (Fsp3) is 0.222. The number of nitrogens with one attached hydrogen (secondary N) is 1. The van der Waals surface area contributed by atoms with Gasteiger partial charge in [-0.3, -0.25) is 9.59 Å². The average Bonchev–Trinajstić information content (AvgIpc) is 2.59. The lowest BCUT2D eigenvalue weighted by Gasteiger charge is -2.26. The minimum atomic E-state index is -0.664. The third-order valence-corrected chi connectivity index (χ3v) is 4.26. The Kier molecular flexibility index (Phi) is 4.81. The molecule has 0 spiro atoms. The van der Waals surface area contributed by atoms with Crippen LogP contribution in [0.1, 0.15) is 29.6 Å². The molecule has 1 aliphatic heterocycles. The minimum absolute atomic E-state index is 0.0304. The number of benzene rings is 2. The molecule has 0 radical (unpaired) electrons. The second-order valence-electron chi connectivity index (χ2n) is 5.60. The maximum absolute atomic E-state index is 13.8. The van der Waals surface area contributed by atoms with Gasteiger partial charge in [-0.05, 0) is 49.2 Å². The van der Waals surface area contributed by atoms with E-state index in [1.165, 1.54) is 12.1 Å². The van der Waals surface area contributed by atoms with Gasteiger partial charge in [-0.15, -0.1) is 0 Å². The summed E-state index contributed by atoms with van der Waals surface area (Å²) in [6.07, 6.45) is 2.44. The number of amides is 2. The van der Waals surface area contributed by atoms with Gasteiger partial charge in [0.1, 0.15) is 0 Å². The topological polar surface area (TPSA) is 49.4 Å². The Hall–Kier alpha value is -2.40. The van der Waals surface area contributed by atoms with Crippen molar-refractivity contribution in [3.8, 4) is 0 Å². The summed E-state index contributed by atoms with van der Waals surface area (Å²) in [6.45, 7) is 0.693. The first-order chi connectivity index (χ1) is 11.6. The molecule has 0 aliphatic carbocycles. The molecule has 3 rings (SSSR count). The van der Waals surface area contributed by atoms with E-state index in [0.29, 0.717) is 18.5 Å². The van der Waals surface area contributed by atoms with Crippen molar-refractivity contribution in [2.75, 3.05) is 16.8 Å². The fourth-order valence-electron chi connectivity index (χ4n) is 2.67. The van der Waals surface area contributed by atoms with Crippen molar-refractivity contribution in [1.82, 2.24) is 0 Å². The maximum atomic E-state index is 13.8. The second kappa shape index (κ2) is 7.01. The third kappa shape index (κ3) is 3.41. The number of piperidine rings is 1. The molecule has 0 saturated carbocycles. The zero-order valence-corrected chi connectivity index (χ0v) is 13.6. The molecule has 0 atom stereocenters. The van der Waals surface area contributed by atoms with E-state index >= 15 is 0 Å². The molecule has 2 aromatic carbocycles. The molecule has 1 fully saturated rings. The Morgan fingerprint density at radius 3 is 2.58 bits per heavy atom. The molecule has 0 unspecified atom stereocenters. The number of hydrogen-bond acceptors (Lipinski definition) is 2. The summed E-state index contributed by atoms with van der Waals surface area (Å²) >= 11 is 5.70. The molecule has 1 heterocycles. The summed E-state index contributed by atoms with van der Waals surface area (Å²) in [5.74, 6) is -1.00. The summed E-state index contributed by atoms with van der Waals surface area (Å²) in [6, 6.07) is 11.1. The zero-order valence-electron chi connectivity index (χ0n) is 12.9. The van der Waals surface area contributed by atoms with Crippen molar-refractivity contribution in [1.29, 1.82) is 0 Å². The van der Waals surface area contributed by atoms with Crippen LogP contribution in [0.4, 0.5) is 15.8 Å². The SMILES string of the molecule is O=C(Nc1cccc(Cl)c1F)c1ccc(N2CCCCC2=O)cc1. The van der Waals surface area contributed by atoms with Gasteiger partial charge in [-0.25, -0.2) is 4.39 Å². The zero-order chi connectivity index (χ0) is 17.1. The highest BCUT2D eigenvalue weighted by molar-refractivity contribution is 6.31. The fourth-order valence-corrected chi connectivity index (χ4v) is 2.84. The van der Waals surface area contributed by atoms with Gasteiger partial charge in [-0.1, -0.05) is 17.7 Å². The van der Waals surface area contributed by atoms with E-state index in [0.717, 1.165) is 18.5 Å². The Balaban J connectivity index is 1.74. The summed E-state index contributed by atoms with van der Waals surface area (Å²) in [5, 5.41) is 2.45. The van der Waals surface area contributed by atoms with Crippen LogP contribution >= 0.6 is 11.6 Å². The molecular weight excluding hydrogens is 331 g/mol. The first-order valence-corrected chi connectivity index (χ1v) is 8.10. The number of halogens is 2. The molecule has 24 heavy (non-hydrogen) atoms. The van der Waals surface area contributed by atoms with Crippen LogP contribution in [0.25, 0.3) is 0 Å². The number of rotatable bonds is 3. The van der Waals surface area contributed by atoms with Crippen LogP contribution in [0.15, 0.2) is 42.5 Å². The smallest absolute Gasteiger partial charge is 0.255 e. The van der Waals surface area contributed by atoms with Gasteiger partial charge in [0.15, 0.2) is 5.82 Å². The quantitative estimate of drug-likeness (QED) is 0.903. The van der Waals surface area contributed by atoms with E-state index in [9.17, 15) is 14.0 Å². The highest BCUT2D eigenvalue weighted by Gasteiger charge is 2.20. The molecular formula is C18H16ClFN2O2. The lowest BCUT2D eigenvalue weighted by molar-refractivity contribution is -0.119. The Morgan fingerprint density at radius 1 is 1.12 bits per heavy atom. The van der Waals surface area contributed by atoms with Crippen LogP contribution < -0.4 is 10.2 Å². The second-order valence-corrected chi connectivity index (χ2v) is 6.01. The number of carbonyl (C=O) groups excluding carboxylic acids is 2. The summed E-state index contributed by atoms with van der Waals surface area (Å²) in [4.78, 5) is 25.9. The van der Waals surface area contributed by atoms with Crippen LogP contribution in [-0.4, -0.2) is 18.4 Å². The van der Waals surface area contributed by atoms with Crippen LogP contribution in [-0.2, 0) is 4.79 Å². The minimum Gasteiger partial charge on any atom is -0.319 e. The Morgan fingerprint density at radius 2 is 1.88 bits per heavy atom. The maximum Gasteiger partial charge on any atom is 0.255 e. The van der Waals surface area contributed by atoms with E-state index in [1.54, 1.807) is 35.2 Å². The predicted molar refractivity (Wildman–Crippen MR) is 92.0 cm³/mol. The molecule has 2 amide bonds. The van der Waals surface area contributed by atoms with Gasteiger partial charge >= 0.3 is 0 Å². The average molecular weight is 347 g/mol. The standard InChI is InChI=1S/C18H16ClFN2O2/c19-14-4-3-5-15(17(14)20)21-18(24)12-7-9-13(10-8-12)22-11-2-1-6-16(22)23/h3-5,7-10H,1-2,6,11H2,(H,21,24). The summed E-state index contributed by atoms with van der Waals surface area (Å²) in [7, 11) is 0. The summed E-state index contributed by atoms with van der Waals surface area (Å²) < 4.78 is 13.8. The van der Waals surface area contributed by atoms with Crippen LogP contribution in [0.3, 0.4) is 0 Å². The highest BCUT2D eigenvalue weighted by atomic mass is 35.5. The van der Waals surface area contributed by atoms with Crippen molar-refractivity contribution in [2.45, 2.75) is 19.3 Å². The number of nitrogens with zero attached hydrogens (tertiary/aromatic N) is 1. The molecule has 0 aromatic heterocycles.